The van der Waals surface area contributed by atoms with Crippen molar-refractivity contribution in [3.05, 3.63) is 53.6 Å². The van der Waals surface area contributed by atoms with Gasteiger partial charge in [-0.1, -0.05) is 12.1 Å². The van der Waals surface area contributed by atoms with Gasteiger partial charge in [-0.2, -0.15) is 0 Å². The Hall–Kier alpha value is -2.56. The number of amides is 1. The maximum Gasteiger partial charge on any atom is 0.224 e. The lowest BCUT2D eigenvalue weighted by Crippen LogP contribution is -2.39. The minimum atomic E-state index is 0.0653. The van der Waals surface area contributed by atoms with Gasteiger partial charge < -0.3 is 14.5 Å². The minimum Gasteiger partial charge on any atom is -0.349 e. The smallest absolute Gasteiger partial charge is 0.224 e. The molecule has 0 aliphatic carbocycles. The first-order chi connectivity index (χ1) is 12.6. The highest BCUT2D eigenvalue weighted by Gasteiger charge is 2.30. The number of benzene rings is 1. The molecule has 0 spiro atoms. The van der Waals surface area contributed by atoms with E-state index >= 15 is 0 Å². The molecule has 5 nitrogen and oxygen atoms in total. The van der Waals surface area contributed by atoms with Crippen LogP contribution in [0, 0.1) is 13.8 Å². The standard InChI is InChI=1S/C21H26N4O/c1-15-10-11-16(2)24(15)14-12-20(26)25-13-6-5-9-19(25)21-22-17-7-3-4-8-18(17)23-21/h3-4,7-8,10-11,19H,5-6,9,12-14H2,1-2H3,(H,22,23)/t19-/m0/s1. The Morgan fingerprint density at radius 2 is 1.92 bits per heavy atom. The van der Waals surface area contributed by atoms with Crippen molar-refractivity contribution in [3.8, 4) is 0 Å². The van der Waals surface area contributed by atoms with Crippen LogP contribution >= 0.6 is 0 Å². The second-order valence-corrected chi connectivity index (χ2v) is 7.26. The molecule has 0 bridgehead atoms. The van der Waals surface area contributed by atoms with Crippen LogP contribution in [-0.2, 0) is 11.3 Å². The Morgan fingerprint density at radius 3 is 2.69 bits per heavy atom. The SMILES string of the molecule is Cc1ccc(C)n1CCC(=O)N1CCCC[C@H]1c1nc2ccccc2[nH]1. The van der Waals surface area contributed by atoms with E-state index in [-0.39, 0.29) is 11.9 Å². The molecule has 0 saturated carbocycles. The summed E-state index contributed by atoms with van der Waals surface area (Å²) in [5, 5.41) is 0. The molecule has 26 heavy (non-hydrogen) atoms. The topological polar surface area (TPSA) is 53.9 Å². The molecule has 1 atom stereocenters. The number of para-hydroxylation sites is 2. The number of hydrogen-bond acceptors (Lipinski definition) is 2. The predicted molar refractivity (Wildman–Crippen MR) is 103 cm³/mol. The van der Waals surface area contributed by atoms with Crippen LogP contribution in [0.3, 0.4) is 0 Å². The number of aromatic nitrogens is 3. The second-order valence-electron chi connectivity index (χ2n) is 7.26. The first-order valence-electron chi connectivity index (χ1n) is 9.50. The summed E-state index contributed by atoms with van der Waals surface area (Å²) >= 11 is 0. The van der Waals surface area contributed by atoms with E-state index in [4.69, 9.17) is 4.98 Å². The average molecular weight is 350 g/mol. The van der Waals surface area contributed by atoms with Crippen LogP contribution in [-0.4, -0.2) is 31.9 Å². The number of likely N-dealkylation sites (tertiary alicyclic amines) is 1. The lowest BCUT2D eigenvalue weighted by atomic mass is 10.0. The van der Waals surface area contributed by atoms with Crippen molar-refractivity contribution in [3.63, 3.8) is 0 Å². The Morgan fingerprint density at radius 1 is 1.15 bits per heavy atom. The number of nitrogens with zero attached hydrogens (tertiary/aromatic N) is 3. The zero-order valence-electron chi connectivity index (χ0n) is 15.5. The number of aryl methyl sites for hydroxylation is 2. The van der Waals surface area contributed by atoms with E-state index in [1.54, 1.807) is 0 Å². The average Bonchev–Trinajstić information content (AvgIpc) is 3.23. The monoisotopic (exact) mass is 350 g/mol. The third-order valence-electron chi connectivity index (χ3n) is 5.51. The van der Waals surface area contributed by atoms with E-state index in [0.717, 1.165) is 49.2 Å². The largest absolute Gasteiger partial charge is 0.349 e. The second kappa shape index (κ2) is 6.98. The van der Waals surface area contributed by atoms with Crippen molar-refractivity contribution in [2.24, 2.45) is 0 Å². The molecular weight excluding hydrogens is 324 g/mol. The Bertz CT molecular complexity index is 871. The number of H-pyrrole nitrogens is 1. The zero-order chi connectivity index (χ0) is 18.1. The third-order valence-corrected chi connectivity index (χ3v) is 5.51. The highest BCUT2D eigenvalue weighted by Crippen LogP contribution is 2.31. The summed E-state index contributed by atoms with van der Waals surface area (Å²) in [6.45, 7) is 5.75. The molecule has 0 radical (unpaired) electrons. The summed E-state index contributed by atoms with van der Waals surface area (Å²) in [4.78, 5) is 23.2. The molecule has 3 aromatic rings. The first kappa shape index (κ1) is 16.9. The van der Waals surface area contributed by atoms with E-state index in [2.05, 4.69) is 35.5 Å². The van der Waals surface area contributed by atoms with Crippen molar-refractivity contribution >= 4 is 16.9 Å². The van der Waals surface area contributed by atoms with E-state index < -0.39 is 0 Å². The molecule has 1 saturated heterocycles. The number of piperidine rings is 1. The Kier molecular flexibility index (Phi) is 4.53. The van der Waals surface area contributed by atoms with Gasteiger partial charge in [0.15, 0.2) is 0 Å². The molecule has 1 aliphatic rings. The molecule has 0 unspecified atom stereocenters. The van der Waals surface area contributed by atoms with Crippen molar-refractivity contribution < 1.29 is 4.79 Å². The third kappa shape index (κ3) is 3.14. The number of imidazole rings is 1. The van der Waals surface area contributed by atoms with Gasteiger partial charge in [-0.15, -0.1) is 0 Å². The zero-order valence-corrected chi connectivity index (χ0v) is 15.5. The van der Waals surface area contributed by atoms with Crippen LogP contribution in [0.2, 0.25) is 0 Å². The van der Waals surface area contributed by atoms with E-state index in [0.29, 0.717) is 6.42 Å². The fraction of sp³-hybridized carbons (Fsp3) is 0.429. The van der Waals surface area contributed by atoms with Crippen molar-refractivity contribution in [2.75, 3.05) is 6.54 Å². The summed E-state index contributed by atoms with van der Waals surface area (Å²) in [6, 6.07) is 12.3. The number of carbonyl (C=O) groups excluding carboxylic acids is 1. The van der Waals surface area contributed by atoms with Gasteiger partial charge in [-0.05, 0) is 57.4 Å². The Labute approximate surface area is 154 Å². The fourth-order valence-electron chi connectivity index (χ4n) is 4.05. The number of fused-ring (bicyclic) bond motifs is 1. The molecule has 4 rings (SSSR count). The van der Waals surface area contributed by atoms with Crippen LogP contribution in [0.25, 0.3) is 11.0 Å². The van der Waals surface area contributed by atoms with Gasteiger partial charge in [0.05, 0.1) is 17.1 Å². The quantitative estimate of drug-likeness (QED) is 0.769. The van der Waals surface area contributed by atoms with E-state index in [1.807, 2.05) is 29.2 Å². The van der Waals surface area contributed by atoms with Crippen LogP contribution in [0.1, 0.15) is 48.9 Å². The number of carbonyl (C=O) groups is 1. The number of aromatic amines is 1. The highest BCUT2D eigenvalue weighted by atomic mass is 16.2. The van der Waals surface area contributed by atoms with Gasteiger partial charge in [-0.3, -0.25) is 4.79 Å². The molecule has 5 heteroatoms. The van der Waals surface area contributed by atoms with Gasteiger partial charge in [0, 0.05) is 30.9 Å². The molecule has 1 fully saturated rings. The molecular formula is C21H26N4O. The lowest BCUT2D eigenvalue weighted by Gasteiger charge is -2.34. The summed E-state index contributed by atoms with van der Waals surface area (Å²) in [6.07, 6.45) is 3.73. The number of hydrogen-bond donors (Lipinski definition) is 1. The van der Waals surface area contributed by atoms with Crippen LogP contribution in [0.15, 0.2) is 36.4 Å². The fourth-order valence-corrected chi connectivity index (χ4v) is 4.05. The van der Waals surface area contributed by atoms with E-state index in [9.17, 15) is 4.79 Å². The maximum absolute atomic E-state index is 13.0. The minimum absolute atomic E-state index is 0.0653. The van der Waals surface area contributed by atoms with Gasteiger partial charge in [-0.25, -0.2) is 4.98 Å². The van der Waals surface area contributed by atoms with Gasteiger partial charge in [0.1, 0.15) is 5.82 Å². The highest BCUT2D eigenvalue weighted by molar-refractivity contribution is 5.78. The summed E-state index contributed by atoms with van der Waals surface area (Å²) in [5.74, 6) is 1.15. The van der Waals surface area contributed by atoms with Crippen LogP contribution < -0.4 is 0 Å². The summed E-state index contributed by atoms with van der Waals surface area (Å²) < 4.78 is 2.22. The van der Waals surface area contributed by atoms with Crippen molar-refractivity contribution in [1.82, 2.24) is 19.4 Å². The molecule has 1 aliphatic heterocycles. The molecule has 3 heterocycles. The maximum atomic E-state index is 13.0. The van der Waals surface area contributed by atoms with Crippen LogP contribution in [0.5, 0.6) is 0 Å². The molecule has 1 aromatic carbocycles. The van der Waals surface area contributed by atoms with Crippen molar-refractivity contribution in [1.29, 1.82) is 0 Å². The van der Waals surface area contributed by atoms with Crippen LogP contribution in [0.4, 0.5) is 0 Å². The van der Waals surface area contributed by atoms with Crippen molar-refractivity contribution in [2.45, 2.75) is 52.1 Å². The van der Waals surface area contributed by atoms with E-state index in [1.165, 1.54) is 11.4 Å². The predicted octanol–water partition coefficient (Wildman–Crippen LogP) is 4.13. The lowest BCUT2D eigenvalue weighted by molar-refractivity contribution is -0.135. The van der Waals surface area contributed by atoms with Gasteiger partial charge in [0.25, 0.3) is 0 Å². The molecule has 136 valence electrons. The Balaban J connectivity index is 1.52. The molecule has 2 aromatic heterocycles. The normalized spacial score (nSPS) is 17.8. The summed E-state index contributed by atoms with van der Waals surface area (Å²) in [5.41, 5.74) is 4.43. The first-order valence-corrected chi connectivity index (χ1v) is 9.50. The molecule has 1 N–H and O–H groups in total. The van der Waals surface area contributed by atoms with Gasteiger partial charge >= 0.3 is 0 Å². The number of nitrogens with one attached hydrogen (secondary N) is 1. The molecule has 1 amide bonds. The summed E-state index contributed by atoms with van der Waals surface area (Å²) in [7, 11) is 0. The number of rotatable bonds is 4. The van der Waals surface area contributed by atoms with Gasteiger partial charge in [0.2, 0.25) is 5.91 Å².